The lowest BCUT2D eigenvalue weighted by molar-refractivity contribution is 0.0518. The molecule has 1 aromatic heterocycles. The molecule has 1 heterocycles. The van der Waals surface area contributed by atoms with E-state index in [0.29, 0.717) is 27.7 Å². The Bertz CT molecular complexity index is 1430. The summed E-state index contributed by atoms with van der Waals surface area (Å²) < 4.78 is 11.9. The van der Waals surface area contributed by atoms with Gasteiger partial charge in [0.15, 0.2) is 17.2 Å². The molecule has 0 aliphatic carbocycles. The van der Waals surface area contributed by atoms with E-state index >= 15 is 0 Å². The number of urea groups is 1. The van der Waals surface area contributed by atoms with Crippen LogP contribution in [0.1, 0.15) is 17.4 Å². The Morgan fingerprint density at radius 1 is 0.973 bits per heavy atom. The number of carbonyl (C=O) groups excluding carboxylic acids is 2. The summed E-state index contributed by atoms with van der Waals surface area (Å²) in [6.07, 6.45) is 0. The standard InChI is InChI=1S/C27H23Cl2N3O5/c1-3-37-26(34)24-21(31-27(35)30-18-11-9-17(28)10-12-18)15-23(29)32(24)19-13-7-16(8-14-19)20-5-4-6-22(36-2)25(20)33/h4-15,33H,3H2,1-2H3,(H2,30,31,35). The highest BCUT2D eigenvalue weighted by Gasteiger charge is 2.24. The normalized spacial score (nSPS) is 10.6. The number of aromatic hydroxyl groups is 1. The molecule has 0 saturated carbocycles. The topological polar surface area (TPSA) is 102 Å². The van der Waals surface area contributed by atoms with Crippen LogP contribution in [0.25, 0.3) is 16.8 Å². The Balaban J connectivity index is 1.67. The Hall–Kier alpha value is -4.14. The number of esters is 1. The van der Waals surface area contributed by atoms with E-state index in [1.54, 1.807) is 73.7 Å². The zero-order valence-electron chi connectivity index (χ0n) is 19.9. The number of nitrogens with zero attached hydrogens (tertiary/aromatic N) is 1. The van der Waals surface area contributed by atoms with Gasteiger partial charge >= 0.3 is 12.0 Å². The summed E-state index contributed by atoms with van der Waals surface area (Å²) in [5, 5.41) is 16.5. The molecule has 0 aliphatic rings. The van der Waals surface area contributed by atoms with Crippen molar-refractivity contribution in [2.75, 3.05) is 24.4 Å². The summed E-state index contributed by atoms with van der Waals surface area (Å²) in [5.74, 6) is -0.292. The molecule has 37 heavy (non-hydrogen) atoms. The van der Waals surface area contributed by atoms with Gasteiger partial charge in [0.1, 0.15) is 5.15 Å². The molecule has 0 atom stereocenters. The van der Waals surface area contributed by atoms with E-state index < -0.39 is 12.0 Å². The van der Waals surface area contributed by atoms with Crippen LogP contribution >= 0.6 is 23.2 Å². The summed E-state index contributed by atoms with van der Waals surface area (Å²) in [4.78, 5) is 25.6. The minimum Gasteiger partial charge on any atom is -0.504 e. The number of phenolic OH excluding ortho intramolecular Hbond substituents is 1. The third kappa shape index (κ3) is 5.66. The van der Waals surface area contributed by atoms with Gasteiger partial charge in [-0.05, 0) is 55.0 Å². The monoisotopic (exact) mass is 539 g/mol. The van der Waals surface area contributed by atoms with Gasteiger partial charge in [-0.25, -0.2) is 9.59 Å². The van der Waals surface area contributed by atoms with Crippen LogP contribution in [0.15, 0.2) is 72.8 Å². The first-order valence-corrected chi connectivity index (χ1v) is 12.0. The lowest BCUT2D eigenvalue weighted by Crippen LogP contribution is -2.21. The van der Waals surface area contributed by atoms with Gasteiger partial charge in [0, 0.05) is 28.0 Å². The molecule has 0 spiro atoms. The second kappa shape index (κ2) is 11.3. The lowest BCUT2D eigenvalue weighted by atomic mass is 10.0. The highest BCUT2D eigenvalue weighted by molar-refractivity contribution is 6.31. The van der Waals surface area contributed by atoms with Gasteiger partial charge in [0.25, 0.3) is 0 Å². The number of ether oxygens (including phenoxy) is 2. The number of phenols is 1. The van der Waals surface area contributed by atoms with Crippen LogP contribution in [0.5, 0.6) is 11.5 Å². The zero-order valence-corrected chi connectivity index (χ0v) is 21.4. The predicted molar refractivity (Wildman–Crippen MR) is 144 cm³/mol. The number of rotatable bonds is 7. The Kier molecular flexibility index (Phi) is 7.91. The van der Waals surface area contributed by atoms with E-state index in [0.717, 1.165) is 5.56 Å². The van der Waals surface area contributed by atoms with Gasteiger partial charge in [0.05, 0.1) is 19.4 Å². The Labute approximate surface area is 223 Å². The number of para-hydroxylation sites is 1. The molecule has 0 aliphatic heterocycles. The van der Waals surface area contributed by atoms with Gasteiger partial charge < -0.3 is 25.2 Å². The van der Waals surface area contributed by atoms with Crippen LogP contribution in [-0.4, -0.2) is 35.4 Å². The molecule has 8 nitrogen and oxygen atoms in total. The van der Waals surface area contributed by atoms with Crippen LogP contribution in [0.2, 0.25) is 10.2 Å². The molecule has 3 N–H and O–H groups in total. The summed E-state index contributed by atoms with van der Waals surface area (Å²) in [6.45, 7) is 1.81. The first-order valence-electron chi connectivity index (χ1n) is 11.2. The number of hydrogen-bond acceptors (Lipinski definition) is 5. The number of methoxy groups -OCH3 is 1. The molecular weight excluding hydrogens is 517 g/mol. The van der Waals surface area contributed by atoms with Crippen molar-refractivity contribution >= 4 is 46.6 Å². The minimum atomic E-state index is -0.661. The largest absolute Gasteiger partial charge is 0.504 e. The fraction of sp³-hybridized carbons (Fsp3) is 0.111. The van der Waals surface area contributed by atoms with Gasteiger partial charge in [-0.3, -0.25) is 4.57 Å². The SMILES string of the molecule is CCOC(=O)c1c(NC(=O)Nc2ccc(Cl)cc2)cc(Cl)n1-c1ccc(-c2cccc(OC)c2O)cc1. The maximum Gasteiger partial charge on any atom is 0.357 e. The quantitative estimate of drug-likeness (QED) is 0.220. The molecule has 3 aromatic carbocycles. The Morgan fingerprint density at radius 2 is 1.68 bits per heavy atom. The van der Waals surface area contributed by atoms with Gasteiger partial charge in [-0.15, -0.1) is 0 Å². The van der Waals surface area contributed by atoms with Gasteiger partial charge in [-0.1, -0.05) is 47.5 Å². The molecule has 190 valence electrons. The van der Waals surface area contributed by atoms with Crippen molar-refractivity contribution in [3.8, 4) is 28.3 Å². The van der Waals surface area contributed by atoms with Crippen LogP contribution in [-0.2, 0) is 4.74 Å². The first kappa shape index (κ1) is 25.9. The summed E-state index contributed by atoms with van der Waals surface area (Å²) in [5.41, 5.74) is 2.59. The van der Waals surface area contributed by atoms with E-state index in [9.17, 15) is 14.7 Å². The molecule has 0 saturated heterocycles. The molecule has 4 rings (SSSR count). The maximum absolute atomic E-state index is 12.9. The number of benzene rings is 3. The first-order chi connectivity index (χ1) is 17.8. The average Bonchev–Trinajstić information content (AvgIpc) is 3.21. The van der Waals surface area contributed by atoms with E-state index in [4.69, 9.17) is 32.7 Å². The highest BCUT2D eigenvalue weighted by Crippen LogP contribution is 2.37. The summed E-state index contributed by atoms with van der Waals surface area (Å²) in [6, 6.07) is 19.7. The highest BCUT2D eigenvalue weighted by atomic mass is 35.5. The predicted octanol–water partition coefficient (Wildman–Crippen LogP) is 6.99. The van der Waals surface area contributed by atoms with Crippen LogP contribution in [0.4, 0.5) is 16.2 Å². The van der Waals surface area contributed by atoms with E-state index in [1.165, 1.54) is 17.7 Å². The zero-order chi connectivity index (χ0) is 26.5. The fourth-order valence-electron chi connectivity index (χ4n) is 3.76. The molecule has 4 aromatic rings. The van der Waals surface area contributed by atoms with Crippen molar-refractivity contribution in [3.05, 3.63) is 88.7 Å². The molecule has 0 unspecified atom stereocenters. The molecule has 2 amide bonds. The third-order valence-corrected chi connectivity index (χ3v) is 5.96. The average molecular weight is 540 g/mol. The molecular formula is C27H23Cl2N3O5. The summed E-state index contributed by atoms with van der Waals surface area (Å²) in [7, 11) is 1.48. The number of carbonyl (C=O) groups is 2. The van der Waals surface area contributed by atoms with Crippen molar-refractivity contribution in [1.82, 2.24) is 4.57 Å². The molecule has 0 radical (unpaired) electrons. The number of aromatic nitrogens is 1. The van der Waals surface area contributed by atoms with Crippen molar-refractivity contribution < 1.29 is 24.2 Å². The van der Waals surface area contributed by atoms with E-state index in [-0.39, 0.29) is 28.9 Å². The van der Waals surface area contributed by atoms with E-state index in [1.807, 2.05) is 0 Å². The van der Waals surface area contributed by atoms with Crippen molar-refractivity contribution in [3.63, 3.8) is 0 Å². The Morgan fingerprint density at radius 3 is 2.32 bits per heavy atom. The number of nitrogens with one attached hydrogen (secondary N) is 2. The maximum atomic E-state index is 12.9. The van der Waals surface area contributed by atoms with Crippen molar-refractivity contribution in [2.45, 2.75) is 6.92 Å². The van der Waals surface area contributed by atoms with Crippen LogP contribution in [0.3, 0.4) is 0 Å². The van der Waals surface area contributed by atoms with Crippen molar-refractivity contribution in [2.24, 2.45) is 0 Å². The van der Waals surface area contributed by atoms with E-state index in [2.05, 4.69) is 10.6 Å². The molecule has 0 fully saturated rings. The summed E-state index contributed by atoms with van der Waals surface area (Å²) >= 11 is 12.4. The number of anilines is 2. The second-order valence-corrected chi connectivity index (χ2v) is 8.60. The number of halogens is 2. The molecule has 0 bridgehead atoms. The van der Waals surface area contributed by atoms with Crippen LogP contribution in [0, 0.1) is 0 Å². The lowest BCUT2D eigenvalue weighted by Gasteiger charge is -2.14. The van der Waals surface area contributed by atoms with Gasteiger partial charge in [0.2, 0.25) is 0 Å². The number of amides is 2. The number of hydrogen-bond donors (Lipinski definition) is 3. The third-order valence-electron chi connectivity index (χ3n) is 5.43. The van der Waals surface area contributed by atoms with Crippen molar-refractivity contribution in [1.29, 1.82) is 0 Å². The fourth-order valence-corrected chi connectivity index (χ4v) is 4.17. The molecule has 10 heteroatoms. The minimum absolute atomic E-state index is 0.0159. The van der Waals surface area contributed by atoms with Gasteiger partial charge in [-0.2, -0.15) is 0 Å². The second-order valence-electron chi connectivity index (χ2n) is 7.77. The smallest absolute Gasteiger partial charge is 0.357 e. The van der Waals surface area contributed by atoms with Crippen LogP contribution < -0.4 is 15.4 Å².